The van der Waals surface area contributed by atoms with Gasteiger partial charge in [-0.15, -0.1) is 0 Å². The highest BCUT2D eigenvalue weighted by molar-refractivity contribution is 7.84. The fourth-order valence-corrected chi connectivity index (χ4v) is 6.28. The molecule has 21 heteroatoms. The number of carbonyl (C=O) groups excluding carboxylic acids is 8. The maximum atomic E-state index is 13.4. The number of rotatable bonds is 13. The largest absolute Gasteiger partial charge is 0.457 e. The molecular formula is C32H34N4O16S. The molecule has 284 valence electrons. The van der Waals surface area contributed by atoms with Crippen LogP contribution in [0.5, 0.6) is 23.0 Å². The van der Waals surface area contributed by atoms with E-state index in [1.54, 1.807) is 0 Å². The Kier molecular flexibility index (Phi) is 12.4. The van der Waals surface area contributed by atoms with Crippen LogP contribution in [0.2, 0.25) is 0 Å². The molecule has 2 aliphatic heterocycles. The molecule has 2 aromatic rings. The number of fused-ring (bicyclic) bond motifs is 2. The molecule has 4 rings (SSSR count). The molecular weight excluding hydrogens is 728 g/mol. The Bertz CT molecular complexity index is 1870. The van der Waals surface area contributed by atoms with Crippen LogP contribution in [0.3, 0.4) is 0 Å². The highest BCUT2D eigenvalue weighted by Gasteiger charge is 2.52. The zero-order chi connectivity index (χ0) is 39.2. The van der Waals surface area contributed by atoms with Crippen molar-refractivity contribution >= 4 is 58.0 Å². The van der Waals surface area contributed by atoms with E-state index in [2.05, 4.69) is 10.6 Å². The maximum absolute atomic E-state index is 13.4. The van der Waals surface area contributed by atoms with Gasteiger partial charge >= 0.3 is 46.2 Å². The Labute approximate surface area is 301 Å². The van der Waals surface area contributed by atoms with Gasteiger partial charge in [-0.3, -0.25) is 33.3 Å². The summed E-state index contributed by atoms with van der Waals surface area (Å²) < 4.78 is 59.1. The normalized spacial score (nSPS) is 16.4. The molecule has 2 heterocycles. The predicted octanol–water partition coefficient (Wildman–Crippen LogP) is 0.531. The molecule has 20 nitrogen and oxygen atoms in total. The van der Waals surface area contributed by atoms with Crippen molar-refractivity contribution in [2.24, 2.45) is 0 Å². The van der Waals surface area contributed by atoms with Crippen LogP contribution in [0.4, 0.5) is 4.79 Å². The van der Waals surface area contributed by atoms with E-state index in [4.69, 9.17) is 23.7 Å². The summed E-state index contributed by atoms with van der Waals surface area (Å²) >= 11 is 0. The van der Waals surface area contributed by atoms with Gasteiger partial charge < -0.3 is 39.2 Å². The van der Waals surface area contributed by atoms with Crippen molar-refractivity contribution in [2.75, 3.05) is 19.6 Å². The Balaban J connectivity index is 1.54. The van der Waals surface area contributed by atoms with Crippen LogP contribution >= 0.6 is 0 Å². The lowest BCUT2D eigenvalue weighted by Gasteiger charge is -2.30. The van der Waals surface area contributed by atoms with E-state index in [1.165, 1.54) is 24.3 Å². The number of carbonyl (C=O) groups is 8. The number of nitrogens with zero attached hydrogens (tertiary/aromatic N) is 2. The summed E-state index contributed by atoms with van der Waals surface area (Å²) in [7, 11) is -4.91. The topological polar surface area (TPSA) is 268 Å². The van der Waals surface area contributed by atoms with Crippen LogP contribution in [-0.4, -0.2) is 108 Å². The summed E-state index contributed by atoms with van der Waals surface area (Å²) in [4.78, 5) is 99.7. The van der Waals surface area contributed by atoms with Crippen molar-refractivity contribution in [1.82, 2.24) is 19.8 Å². The van der Waals surface area contributed by atoms with Crippen LogP contribution in [0, 0.1) is 0 Å². The maximum Gasteiger partial charge on any atom is 0.363 e. The number of esters is 5. The molecule has 0 aliphatic carbocycles. The molecule has 0 spiro atoms. The minimum Gasteiger partial charge on any atom is -0.457 e. The molecule has 2 aliphatic rings. The molecule has 0 radical (unpaired) electrons. The molecule has 0 saturated carbocycles. The van der Waals surface area contributed by atoms with Gasteiger partial charge in [-0.2, -0.15) is 12.7 Å². The molecule has 2 atom stereocenters. The van der Waals surface area contributed by atoms with Gasteiger partial charge in [0.05, 0.1) is 19.1 Å². The molecule has 2 fully saturated rings. The van der Waals surface area contributed by atoms with Gasteiger partial charge in [0, 0.05) is 45.4 Å². The number of hydrogen-bond donors (Lipinski definition) is 3. The van der Waals surface area contributed by atoms with Gasteiger partial charge in [0.1, 0.15) is 12.1 Å². The van der Waals surface area contributed by atoms with Gasteiger partial charge in [0.2, 0.25) is 0 Å². The van der Waals surface area contributed by atoms with Gasteiger partial charge in [0.15, 0.2) is 23.0 Å². The monoisotopic (exact) mass is 762 g/mol. The lowest BCUT2D eigenvalue weighted by Crippen LogP contribution is -2.49. The van der Waals surface area contributed by atoms with Crippen molar-refractivity contribution in [3.05, 3.63) is 47.5 Å². The highest BCUT2D eigenvalue weighted by atomic mass is 32.2. The van der Waals surface area contributed by atoms with Crippen molar-refractivity contribution in [3.8, 4) is 23.0 Å². The molecule has 2 bridgehead atoms. The van der Waals surface area contributed by atoms with E-state index in [9.17, 15) is 51.3 Å². The van der Waals surface area contributed by atoms with Crippen LogP contribution in [0.15, 0.2) is 36.4 Å². The number of amides is 4. The van der Waals surface area contributed by atoms with Crippen LogP contribution < -0.4 is 29.6 Å². The third kappa shape index (κ3) is 10.3. The first kappa shape index (κ1) is 39.7. The molecule has 0 aromatic heterocycles. The SMILES string of the molecule is CC(=O)Oc1ccc(C(=O)NCC(CNC(=O)c2ccc(OC(C)=O)c(OC(C)=O)c2)OC(=O)[C@@H]2CC[C@@H]3CN2C(=O)N3S(=O)(=O)O)cc1OC(C)=O. The van der Waals surface area contributed by atoms with E-state index in [-0.39, 0.29) is 57.8 Å². The first-order chi connectivity index (χ1) is 24.8. The molecule has 4 amide bonds. The zero-order valence-corrected chi connectivity index (χ0v) is 29.4. The standard InChI is InChI=1S/C32H34N4O16S/c1-16(37)48-25-9-5-20(11-27(25)50-18(3)39)29(41)33-13-23(52-31(43)24-8-7-22-15-35(24)32(44)36(22)53(45,46)47)14-34-30(42)21-6-10-26(49-17(2)38)28(12-21)51-19(4)40/h5-6,9-12,22-24H,7-8,13-15H2,1-4H3,(H,33,41)(H,34,42)(H,45,46,47)/t22-,24+/m1/s1. The van der Waals surface area contributed by atoms with Crippen molar-refractivity contribution in [3.63, 3.8) is 0 Å². The average Bonchev–Trinajstić information content (AvgIpc) is 3.31. The predicted molar refractivity (Wildman–Crippen MR) is 175 cm³/mol. The highest BCUT2D eigenvalue weighted by Crippen LogP contribution is 2.33. The summed E-state index contributed by atoms with van der Waals surface area (Å²) in [6.45, 7) is 3.30. The number of ether oxygens (including phenoxy) is 5. The second-order valence-corrected chi connectivity index (χ2v) is 12.9. The van der Waals surface area contributed by atoms with E-state index in [1.807, 2.05) is 0 Å². The fraction of sp³-hybridized carbons (Fsp3) is 0.375. The fourth-order valence-electron chi connectivity index (χ4n) is 5.43. The van der Waals surface area contributed by atoms with Crippen LogP contribution in [0.25, 0.3) is 0 Å². The summed E-state index contributed by atoms with van der Waals surface area (Å²) in [5.41, 5.74) is -0.160. The van der Waals surface area contributed by atoms with E-state index in [0.29, 0.717) is 0 Å². The first-order valence-corrected chi connectivity index (χ1v) is 17.1. The third-order valence-corrected chi connectivity index (χ3v) is 8.48. The van der Waals surface area contributed by atoms with Crippen molar-refractivity contribution < 1.29 is 75.0 Å². The van der Waals surface area contributed by atoms with Gasteiger partial charge in [-0.1, -0.05) is 0 Å². The molecule has 0 unspecified atom stereocenters. The first-order valence-electron chi connectivity index (χ1n) is 15.7. The second kappa shape index (κ2) is 16.5. The third-order valence-electron chi connectivity index (χ3n) is 7.53. The summed E-state index contributed by atoms with van der Waals surface area (Å²) in [5, 5.41) is 5.03. The average molecular weight is 763 g/mol. The van der Waals surface area contributed by atoms with Gasteiger partial charge in [-0.25, -0.2) is 9.59 Å². The second-order valence-electron chi connectivity index (χ2n) is 11.6. The molecule has 2 aromatic carbocycles. The summed E-state index contributed by atoms with van der Waals surface area (Å²) in [5.74, 6) is -6.34. The minimum absolute atomic E-state index is 0.0297. The van der Waals surface area contributed by atoms with Gasteiger partial charge in [-0.05, 0) is 49.2 Å². The number of hydrogen-bond acceptors (Lipinski definition) is 15. The van der Waals surface area contributed by atoms with Gasteiger partial charge in [0.25, 0.3) is 11.8 Å². The summed E-state index contributed by atoms with van der Waals surface area (Å²) in [6, 6.07) is 3.86. The smallest absolute Gasteiger partial charge is 0.363 e. The number of piperidine rings is 1. The van der Waals surface area contributed by atoms with E-state index >= 15 is 0 Å². The Morgan fingerprint density at radius 3 is 1.58 bits per heavy atom. The van der Waals surface area contributed by atoms with Crippen LogP contribution in [0.1, 0.15) is 61.3 Å². The van der Waals surface area contributed by atoms with Crippen molar-refractivity contribution in [1.29, 1.82) is 0 Å². The molecule has 53 heavy (non-hydrogen) atoms. The number of benzene rings is 2. The zero-order valence-electron chi connectivity index (χ0n) is 28.6. The van der Waals surface area contributed by atoms with Crippen LogP contribution in [-0.2, 0) is 39.0 Å². The molecule has 3 N–H and O–H groups in total. The molecule has 2 saturated heterocycles. The lowest BCUT2D eigenvalue weighted by molar-refractivity contribution is -0.154. The minimum atomic E-state index is -4.91. The Morgan fingerprint density at radius 1 is 0.736 bits per heavy atom. The number of urea groups is 1. The Morgan fingerprint density at radius 2 is 1.17 bits per heavy atom. The van der Waals surface area contributed by atoms with E-state index < -0.39 is 89.3 Å². The lowest BCUT2D eigenvalue weighted by atomic mass is 10.0. The number of nitrogens with one attached hydrogen (secondary N) is 2. The quantitative estimate of drug-likeness (QED) is 0.143. The van der Waals surface area contributed by atoms with Crippen molar-refractivity contribution in [2.45, 2.75) is 58.7 Å². The Hall–Kier alpha value is -6.09. The summed E-state index contributed by atoms with van der Waals surface area (Å²) in [6.07, 6.45) is -1.33. The van der Waals surface area contributed by atoms with E-state index in [0.717, 1.165) is 44.7 Å².